The number of ketones is 1. The van der Waals surface area contributed by atoms with Crippen molar-refractivity contribution in [1.29, 1.82) is 0 Å². The van der Waals surface area contributed by atoms with Crippen molar-refractivity contribution in [3.8, 4) is 5.88 Å². The molecule has 2 heterocycles. The van der Waals surface area contributed by atoms with Gasteiger partial charge in [0.05, 0.1) is 0 Å². The largest absolute Gasteiger partial charge is 0.475 e. The van der Waals surface area contributed by atoms with E-state index in [0.717, 1.165) is 17.8 Å². The molecule has 0 aliphatic carbocycles. The first-order valence-electron chi connectivity index (χ1n) is 7.24. The molecule has 0 amide bonds. The molecule has 114 valence electrons. The number of nitrogens with zero attached hydrogens (tertiary/aromatic N) is 2. The van der Waals surface area contributed by atoms with Crippen LogP contribution in [0.25, 0.3) is 0 Å². The summed E-state index contributed by atoms with van der Waals surface area (Å²) in [5.74, 6) is 0.682. The predicted octanol–water partition coefficient (Wildman–Crippen LogP) is 2.53. The average Bonchev–Trinajstić information content (AvgIpc) is 3.03. The molecular weight excluding hydrogens is 280 g/mol. The van der Waals surface area contributed by atoms with E-state index in [1.165, 1.54) is 0 Å². The Morgan fingerprint density at radius 2 is 2.14 bits per heavy atom. The smallest absolute Gasteiger partial charge is 0.213 e. The normalized spacial score (nSPS) is 17.5. The van der Waals surface area contributed by atoms with Gasteiger partial charge in [-0.05, 0) is 37.3 Å². The Kier molecular flexibility index (Phi) is 4.34. The minimum atomic E-state index is 0.00879. The molecule has 22 heavy (non-hydrogen) atoms. The number of anilines is 1. The van der Waals surface area contributed by atoms with Crippen LogP contribution < -0.4 is 9.64 Å². The van der Waals surface area contributed by atoms with Crippen molar-refractivity contribution in [2.24, 2.45) is 0 Å². The summed E-state index contributed by atoms with van der Waals surface area (Å²) in [6.45, 7) is 3.32. The van der Waals surface area contributed by atoms with E-state index in [1.54, 1.807) is 13.1 Å². The van der Waals surface area contributed by atoms with Crippen LogP contribution in [0.1, 0.15) is 17.3 Å². The topological polar surface area (TPSA) is 51.7 Å². The zero-order valence-electron chi connectivity index (χ0n) is 12.4. The first-order valence-corrected chi connectivity index (χ1v) is 7.24. The Balaban J connectivity index is 1.54. The van der Waals surface area contributed by atoms with Gasteiger partial charge in [-0.25, -0.2) is 4.98 Å². The van der Waals surface area contributed by atoms with Crippen LogP contribution in [0.2, 0.25) is 0 Å². The second-order valence-corrected chi connectivity index (χ2v) is 5.22. The van der Waals surface area contributed by atoms with Gasteiger partial charge in [-0.15, -0.1) is 0 Å². The zero-order chi connectivity index (χ0) is 15.4. The highest BCUT2D eigenvalue weighted by atomic mass is 16.6. The molecule has 1 aromatic carbocycles. The number of carbonyl (C=O) groups is 1. The molecular formula is C17H18N2O3. The van der Waals surface area contributed by atoms with E-state index >= 15 is 0 Å². The van der Waals surface area contributed by atoms with Crippen LogP contribution in [-0.4, -0.2) is 36.8 Å². The van der Waals surface area contributed by atoms with Crippen LogP contribution in [0.15, 0.2) is 48.7 Å². The highest BCUT2D eigenvalue weighted by molar-refractivity contribution is 5.94. The van der Waals surface area contributed by atoms with E-state index in [9.17, 15) is 4.79 Å². The van der Waals surface area contributed by atoms with Crippen LogP contribution >= 0.6 is 0 Å². The van der Waals surface area contributed by atoms with Crippen LogP contribution in [-0.2, 0) is 4.74 Å². The summed E-state index contributed by atoms with van der Waals surface area (Å²) in [5, 5.41) is 0. The Bertz CT molecular complexity index is 628. The molecule has 5 heteroatoms. The molecule has 0 spiro atoms. The quantitative estimate of drug-likeness (QED) is 0.794. The number of hydrogen-bond acceptors (Lipinski definition) is 5. The maximum atomic E-state index is 11.3. The zero-order valence-corrected chi connectivity index (χ0v) is 12.4. The Morgan fingerprint density at radius 1 is 1.32 bits per heavy atom. The lowest BCUT2D eigenvalue weighted by molar-refractivity contribution is 0.0717. The highest BCUT2D eigenvalue weighted by Crippen LogP contribution is 2.21. The van der Waals surface area contributed by atoms with Crippen molar-refractivity contribution < 1.29 is 14.3 Å². The molecule has 1 aliphatic rings. The van der Waals surface area contributed by atoms with E-state index in [0.29, 0.717) is 19.2 Å². The number of hydrogen-bond donors (Lipinski definition) is 0. The number of pyridine rings is 1. The first kappa shape index (κ1) is 14.5. The second-order valence-electron chi connectivity index (χ2n) is 5.22. The summed E-state index contributed by atoms with van der Waals surface area (Å²) >= 11 is 0. The van der Waals surface area contributed by atoms with Crippen molar-refractivity contribution in [3.63, 3.8) is 0 Å². The molecule has 0 saturated carbocycles. The van der Waals surface area contributed by atoms with Crippen molar-refractivity contribution in [2.75, 3.05) is 24.8 Å². The molecule has 1 saturated heterocycles. The highest BCUT2D eigenvalue weighted by Gasteiger charge is 2.24. The molecule has 0 bridgehead atoms. The molecule has 5 nitrogen and oxygen atoms in total. The molecule has 0 N–H and O–H groups in total. The van der Waals surface area contributed by atoms with E-state index in [4.69, 9.17) is 9.47 Å². The summed E-state index contributed by atoms with van der Waals surface area (Å²) in [6, 6.07) is 13.1. The van der Waals surface area contributed by atoms with E-state index < -0.39 is 0 Å². The number of benzene rings is 1. The van der Waals surface area contributed by atoms with Gasteiger partial charge < -0.3 is 14.4 Å². The van der Waals surface area contributed by atoms with Crippen molar-refractivity contribution in [2.45, 2.75) is 13.0 Å². The summed E-state index contributed by atoms with van der Waals surface area (Å²) < 4.78 is 11.3. The Hall–Kier alpha value is -2.40. The number of carbonyl (C=O) groups excluding carboxylic acids is 1. The summed E-state index contributed by atoms with van der Waals surface area (Å²) in [6.07, 6.45) is 1.71. The van der Waals surface area contributed by atoms with Gasteiger partial charge in [-0.2, -0.15) is 0 Å². The van der Waals surface area contributed by atoms with Gasteiger partial charge in [0, 0.05) is 30.1 Å². The van der Waals surface area contributed by atoms with Crippen LogP contribution in [0, 0.1) is 0 Å². The van der Waals surface area contributed by atoms with Gasteiger partial charge in [0.2, 0.25) is 5.88 Å². The van der Waals surface area contributed by atoms with Gasteiger partial charge >= 0.3 is 0 Å². The lowest BCUT2D eigenvalue weighted by Gasteiger charge is -2.16. The van der Waals surface area contributed by atoms with Crippen molar-refractivity contribution in [3.05, 3.63) is 54.2 Å². The SMILES string of the molecule is CC(=O)c1ccc(N2CO[C@@H](COc3ccccn3)C2)cc1. The second kappa shape index (κ2) is 6.58. The lowest BCUT2D eigenvalue weighted by Crippen LogP contribution is -2.25. The van der Waals surface area contributed by atoms with Crippen molar-refractivity contribution >= 4 is 11.5 Å². The van der Waals surface area contributed by atoms with E-state index in [-0.39, 0.29) is 11.9 Å². The maximum Gasteiger partial charge on any atom is 0.213 e. The van der Waals surface area contributed by atoms with Gasteiger partial charge in [-0.3, -0.25) is 4.79 Å². The predicted molar refractivity (Wildman–Crippen MR) is 83.3 cm³/mol. The summed E-state index contributed by atoms with van der Waals surface area (Å²) in [7, 11) is 0. The minimum Gasteiger partial charge on any atom is -0.475 e. The van der Waals surface area contributed by atoms with Crippen molar-refractivity contribution in [1.82, 2.24) is 4.98 Å². The third-order valence-electron chi connectivity index (χ3n) is 3.58. The fraction of sp³-hybridized carbons (Fsp3) is 0.294. The van der Waals surface area contributed by atoms with Gasteiger partial charge in [-0.1, -0.05) is 6.07 Å². The third kappa shape index (κ3) is 3.43. The number of rotatable bonds is 5. The Labute approximate surface area is 129 Å². The van der Waals surface area contributed by atoms with Crippen LogP contribution in [0.5, 0.6) is 5.88 Å². The van der Waals surface area contributed by atoms with Crippen LogP contribution in [0.3, 0.4) is 0 Å². The summed E-state index contributed by atoms with van der Waals surface area (Å²) in [5.41, 5.74) is 1.77. The molecule has 1 aromatic heterocycles. The number of ether oxygens (including phenoxy) is 2. The Morgan fingerprint density at radius 3 is 2.82 bits per heavy atom. The fourth-order valence-corrected chi connectivity index (χ4v) is 2.35. The van der Waals surface area contributed by atoms with Crippen LogP contribution in [0.4, 0.5) is 5.69 Å². The number of aromatic nitrogens is 1. The minimum absolute atomic E-state index is 0.00879. The van der Waals surface area contributed by atoms with E-state index in [1.807, 2.05) is 42.5 Å². The monoisotopic (exact) mass is 298 g/mol. The van der Waals surface area contributed by atoms with Gasteiger partial charge in [0.1, 0.15) is 19.4 Å². The molecule has 0 unspecified atom stereocenters. The molecule has 2 aromatic rings. The lowest BCUT2D eigenvalue weighted by atomic mass is 10.1. The standard InChI is InChI=1S/C17H18N2O3/c1-13(20)14-5-7-15(8-6-14)19-10-16(22-12-19)11-21-17-4-2-3-9-18-17/h2-9,16H,10-12H2,1H3/t16-/m1/s1. The van der Waals surface area contributed by atoms with E-state index in [2.05, 4.69) is 9.88 Å². The van der Waals surface area contributed by atoms with Gasteiger partial charge in [0.25, 0.3) is 0 Å². The number of Topliss-reactive ketones (excluding diaryl/α,β-unsaturated/α-hetero) is 1. The van der Waals surface area contributed by atoms with Gasteiger partial charge in [0.15, 0.2) is 5.78 Å². The average molecular weight is 298 g/mol. The molecule has 0 radical (unpaired) electrons. The fourth-order valence-electron chi connectivity index (χ4n) is 2.35. The maximum absolute atomic E-state index is 11.3. The first-order chi connectivity index (χ1) is 10.7. The molecule has 1 aliphatic heterocycles. The molecule has 3 rings (SSSR count). The third-order valence-corrected chi connectivity index (χ3v) is 3.58. The summed E-state index contributed by atoms with van der Waals surface area (Å²) in [4.78, 5) is 17.5. The molecule has 1 fully saturated rings. The molecule has 1 atom stereocenters.